The van der Waals surface area contributed by atoms with Crippen LogP contribution in [0.15, 0.2) is 0 Å². The average molecular weight is 192 g/mol. The van der Waals surface area contributed by atoms with Crippen LogP contribution in [0.2, 0.25) is 0 Å². The van der Waals surface area contributed by atoms with E-state index in [1.165, 1.54) is 0 Å². The molecule has 0 atom stereocenters. The van der Waals surface area contributed by atoms with Gasteiger partial charge < -0.3 is 16.4 Å². The van der Waals surface area contributed by atoms with Crippen LogP contribution in [0, 0.1) is 0 Å². The summed E-state index contributed by atoms with van der Waals surface area (Å²) in [5.74, 6) is 0. The second kappa shape index (κ2) is 137. The van der Waals surface area contributed by atoms with Gasteiger partial charge in [-0.1, -0.05) is 0 Å². The molecule has 0 fully saturated rings. The monoisotopic (exact) mass is 192 g/mol. The third-order valence-corrected chi connectivity index (χ3v) is 0. The van der Waals surface area contributed by atoms with Gasteiger partial charge in [0.2, 0.25) is 0 Å². The van der Waals surface area contributed by atoms with E-state index in [0.717, 1.165) is 0 Å². The van der Waals surface area contributed by atoms with Gasteiger partial charge in [-0.3, -0.25) is 4.70 Å². The molecule has 0 aromatic rings. The quantitative estimate of drug-likeness (QED) is 0.380. The summed E-state index contributed by atoms with van der Waals surface area (Å²) >= 11 is 0. The average Bonchev–Trinajstić information content (AvgIpc) is 0. The maximum absolute atomic E-state index is 0. The molecule has 0 saturated heterocycles. The molecule has 38 valence electrons. The summed E-state index contributed by atoms with van der Waals surface area (Å²) in [4.78, 5) is 0. The van der Waals surface area contributed by atoms with Crippen molar-refractivity contribution < 1.29 is 21.1 Å². The topological polar surface area (TPSA) is 94.5 Å². The minimum absolute atomic E-state index is 0. The molecule has 0 bridgehead atoms. The van der Waals surface area contributed by atoms with Crippen LogP contribution in [0.3, 0.4) is 0 Å². The van der Waals surface area contributed by atoms with Crippen LogP contribution in [-0.2, 0) is 0 Å². The van der Waals surface area contributed by atoms with E-state index >= 15 is 0 Å². The molecule has 5 heavy (non-hydrogen) atoms. The number of hydrogen-bond donors (Lipinski definition) is 0. The van der Waals surface area contributed by atoms with Crippen LogP contribution in [0.1, 0.15) is 0 Å². The Balaban J connectivity index is 0. The molecule has 0 spiro atoms. The summed E-state index contributed by atoms with van der Waals surface area (Å²) in [6.07, 6.45) is 0. The zero-order valence-electron chi connectivity index (χ0n) is 1.91. The Bertz CT molecular complexity index is 6.85. The zero-order valence-corrected chi connectivity index (χ0v) is 1.91. The zero-order chi connectivity index (χ0) is 0. The number of hydrogen-bond acceptors (Lipinski definition) is 0. The third-order valence-electron chi connectivity index (χ3n) is 0. The van der Waals surface area contributed by atoms with Gasteiger partial charge in [-0.05, 0) is 0 Å². The van der Waals surface area contributed by atoms with Gasteiger partial charge in [0.15, 0.2) is 0 Å². The molecular formula is H10FInO3. The van der Waals surface area contributed by atoms with E-state index in [2.05, 4.69) is 0 Å². The molecule has 0 aliphatic heterocycles. The Morgan fingerprint density at radius 2 is 0.600 bits per heavy atom. The fourth-order valence-corrected chi connectivity index (χ4v) is 0. The van der Waals surface area contributed by atoms with Gasteiger partial charge in [-0.15, -0.1) is 0 Å². The fraction of sp³-hybridized carbons (Fsp3) is 0. The number of halogens is 1. The maximum atomic E-state index is 0. The molecular weight excluding hydrogens is 182 g/mol. The fourth-order valence-electron chi connectivity index (χ4n) is 0. The summed E-state index contributed by atoms with van der Waals surface area (Å²) in [5, 5.41) is 0. The van der Waals surface area contributed by atoms with E-state index in [9.17, 15) is 0 Å². The summed E-state index contributed by atoms with van der Waals surface area (Å²) in [7, 11) is 0. The van der Waals surface area contributed by atoms with Crippen LogP contribution in [0.5, 0.6) is 0 Å². The first-order chi connectivity index (χ1) is 0. The second-order valence-corrected chi connectivity index (χ2v) is 0. The standard InChI is InChI=1S/FH.In.3H2O.3H/h1H;;3*1H2;;;. The van der Waals surface area contributed by atoms with Crippen LogP contribution >= 0.6 is 0 Å². The van der Waals surface area contributed by atoms with Gasteiger partial charge in [0.05, 0.1) is 0 Å². The van der Waals surface area contributed by atoms with E-state index in [4.69, 9.17) is 0 Å². The van der Waals surface area contributed by atoms with E-state index in [1.807, 2.05) is 0 Å². The normalized spacial score (nSPS) is 0. The molecule has 0 aliphatic rings. The van der Waals surface area contributed by atoms with E-state index in [0.29, 0.717) is 0 Å². The van der Waals surface area contributed by atoms with E-state index in [1.54, 1.807) is 0 Å². The first-order valence-electron chi connectivity index (χ1n) is 0. The summed E-state index contributed by atoms with van der Waals surface area (Å²) in [5.41, 5.74) is 0. The van der Waals surface area contributed by atoms with Crippen LogP contribution in [0.25, 0.3) is 0 Å². The molecule has 0 aliphatic carbocycles. The molecule has 6 N–H and O–H groups in total. The first kappa shape index (κ1) is 269. The summed E-state index contributed by atoms with van der Waals surface area (Å²) in [6.45, 7) is 0. The molecule has 0 rings (SSSR count). The van der Waals surface area contributed by atoms with Gasteiger partial charge in [0.1, 0.15) is 0 Å². The molecule has 0 saturated carbocycles. The molecule has 0 amide bonds. The third kappa shape index (κ3) is 72.7. The van der Waals surface area contributed by atoms with Crippen molar-refractivity contribution in [3.05, 3.63) is 0 Å². The predicted octanol–water partition coefficient (Wildman–Crippen LogP) is -3.51. The molecule has 0 aromatic heterocycles. The molecule has 0 unspecified atom stereocenters. The predicted molar refractivity (Wildman–Crippen MR) is 23.3 cm³/mol. The van der Waals surface area contributed by atoms with Gasteiger partial charge in [-0.2, -0.15) is 0 Å². The minimum atomic E-state index is 0. The Hall–Kier alpha value is 0.680. The Morgan fingerprint density at radius 3 is 0.600 bits per heavy atom. The Labute approximate surface area is 47.4 Å². The Morgan fingerprint density at radius 1 is 0.600 bits per heavy atom. The van der Waals surface area contributed by atoms with Gasteiger partial charge in [0, 0.05) is 0 Å². The van der Waals surface area contributed by atoms with Gasteiger partial charge >= 0.3 is 25.8 Å². The van der Waals surface area contributed by atoms with Crippen molar-refractivity contribution in [3.63, 3.8) is 0 Å². The van der Waals surface area contributed by atoms with Crippen molar-refractivity contribution in [2.75, 3.05) is 0 Å². The molecule has 0 radical (unpaired) electrons. The van der Waals surface area contributed by atoms with E-state index < -0.39 is 0 Å². The van der Waals surface area contributed by atoms with Crippen molar-refractivity contribution in [3.8, 4) is 0 Å². The van der Waals surface area contributed by atoms with Crippen molar-refractivity contribution in [1.82, 2.24) is 0 Å². The second-order valence-electron chi connectivity index (χ2n) is 0. The summed E-state index contributed by atoms with van der Waals surface area (Å²) < 4.78 is 0. The van der Waals surface area contributed by atoms with Crippen molar-refractivity contribution in [2.24, 2.45) is 0 Å². The Kier molecular flexibility index (Phi) is 7370. The van der Waals surface area contributed by atoms with Gasteiger partial charge in [0.25, 0.3) is 0 Å². The van der Waals surface area contributed by atoms with Crippen LogP contribution in [0.4, 0.5) is 4.70 Å². The number of rotatable bonds is 0. The molecule has 3 nitrogen and oxygen atoms in total. The van der Waals surface area contributed by atoms with Crippen molar-refractivity contribution in [2.45, 2.75) is 0 Å². The first-order valence-corrected chi connectivity index (χ1v) is 0. The van der Waals surface area contributed by atoms with E-state index in [-0.39, 0.29) is 47.0 Å². The molecule has 5 heteroatoms. The molecule has 0 heterocycles. The SMILES string of the molecule is F.O.O.O.[InH3]. The van der Waals surface area contributed by atoms with Gasteiger partial charge in [-0.25, -0.2) is 0 Å². The van der Waals surface area contributed by atoms with Crippen molar-refractivity contribution in [1.29, 1.82) is 0 Å². The van der Waals surface area contributed by atoms with Crippen LogP contribution in [-0.4, -0.2) is 42.3 Å². The van der Waals surface area contributed by atoms with Crippen LogP contribution < -0.4 is 0 Å². The molecule has 0 aromatic carbocycles. The van der Waals surface area contributed by atoms with Crippen molar-refractivity contribution >= 4 is 25.8 Å². The summed E-state index contributed by atoms with van der Waals surface area (Å²) in [6, 6.07) is 0.